The van der Waals surface area contributed by atoms with Gasteiger partial charge in [-0.25, -0.2) is 0 Å². The Morgan fingerprint density at radius 3 is 3.06 bits per heavy atom. The molecule has 16 heavy (non-hydrogen) atoms. The molecule has 0 radical (unpaired) electrons. The summed E-state index contributed by atoms with van der Waals surface area (Å²) in [6.45, 7) is 1.47. The van der Waals surface area contributed by atoms with E-state index in [0.717, 1.165) is 18.6 Å². The van der Waals surface area contributed by atoms with E-state index in [4.69, 9.17) is 4.74 Å². The molecule has 0 aliphatic carbocycles. The van der Waals surface area contributed by atoms with Gasteiger partial charge in [0.1, 0.15) is 0 Å². The summed E-state index contributed by atoms with van der Waals surface area (Å²) < 4.78 is 6.58. The molecule has 2 atom stereocenters. The van der Waals surface area contributed by atoms with Crippen LogP contribution >= 0.6 is 11.3 Å². The van der Waals surface area contributed by atoms with Crippen LogP contribution in [-0.2, 0) is 4.74 Å². The van der Waals surface area contributed by atoms with Gasteiger partial charge in [0.2, 0.25) is 0 Å². The Bertz CT molecular complexity index is 485. The van der Waals surface area contributed by atoms with Gasteiger partial charge in [-0.1, -0.05) is 18.2 Å². The average molecular weight is 234 g/mol. The van der Waals surface area contributed by atoms with Crippen molar-refractivity contribution in [3.8, 4) is 0 Å². The molecule has 0 spiro atoms. The van der Waals surface area contributed by atoms with Gasteiger partial charge in [-0.2, -0.15) is 0 Å². The minimum absolute atomic E-state index is 0.262. The highest BCUT2D eigenvalue weighted by Crippen LogP contribution is 2.36. The maximum atomic E-state index is 10.3. The van der Waals surface area contributed by atoms with Crippen LogP contribution in [0.1, 0.15) is 18.1 Å². The van der Waals surface area contributed by atoms with Crippen LogP contribution < -0.4 is 0 Å². The van der Waals surface area contributed by atoms with Gasteiger partial charge in [0.05, 0.1) is 12.7 Å². The zero-order chi connectivity index (χ0) is 11.0. The van der Waals surface area contributed by atoms with Crippen molar-refractivity contribution in [1.82, 2.24) is 0 Å². The van der Waals surface area contributed by atoms with E-state index in [2.05, 4.69) is 17.5 Å². The molecule has 0 bridgehead atoms. The van der Waals surface area contributed by atoms with Crippen LogP contribution in [0.25, 0.3) is 10.1 Å². The lowest BCUT2D eigenvalue weighted by Crippen LogP contribution is -2.11. The monoisotopic (exact) mass is 234 g/mol. The molecule has 0 amide bonds. The smallest absolute Gasteiger partial charge is 0.0855 e. The summed E-state index contributed by atoms with van der Waals surface area (Å²) in [5, 5.41) is 13.6. The van der Waals surface area contributed by atoms with Crippen molar-refractivity contribution in [2.24, 2.45) is 5.92 Å². The summed E-state index contributed by atoms with van der Waals surface area (Å²) in [6.07, 6.45) is 0.587. The number of benzene rings is 1. The number of thiophene rings is 1. The van der Waals surface area contributed by atoms with E-state index in [1.54, 1.807) is 11.3 Å². The summed E-state index contributed by atoms with van der Waals surface area (Å²) in [5.74, 6) is 0.262. The Hall–Kier alpha value is -0.900. The molecule has 0 saturated carbocycles. The first kappa shape index (κ1) is 10.3. The second kappa shape index (κ2) is 4.17. The minimum atomic E-state index is -0.376. The van der Waals surface area contributed by atoms with Gasteiger partial charge in [-0.15, -0.1) is 11.3 Å². The van der Waals surface area contributed by atoms with Crippen molar-refractivity contribution in [3.63, 3.8) is 0 Å². The third-order valence-electron chi connectivity index (χ3n) is 3.24. The van der Waals surface area contributed by atoms with Crippen molar-refractivity contribution in [2.75, 3.05) is 13.2 Å². The summed E-state index contributed by atoms with van der Waals surface area (Å²) >= 11 is 1.70. The highest BCUT2D eigenvalue weighted by atomic mass is 32.1. The number of hydrogen-bond donors (Lipinski definition) is 1. The molecular formula is C13H14O2S. The molecule has 1 N–H and O–H groups in total. The zero-order valence-corrected chi connectivity index (χ0v) is 9.74. The summed E-state index contributed by atoms with van der Waals surface area (Å²) in [6, 6.07) is 8.24. The third kappa shape index (κ3) is 1.65. The number of aliphatic hydroxyl groups is 1. The molecule has 2 aromatic rings. The maximum absolute atomic E-state index is 10.3. The molecule has 1 fully saturated rings. The predicted molar refractivity (Wildman–Crippen MR) is 65.7 cm³/mol. The normalized spacial score (nSPS) is 22.7. The fraction of sp³-hybridized carbons (Fsp3) is 0.385. The van der Waals surface area contributed by atoms with Gasteiger partial charge in [-0.3, -0.25) is 0 Å². The van der Waals surface area contributed by atoms with Gasteiger partial charge < -0.3 is 9.84 Å². The number of ether oxygens (including phenoxy) is 1. The predicted octanol–water partition coefficient (Wildman–Crippen LogP) is 2.97. The Labute approximate surface area is 98.5 Å². The van der Waals surface area contributed by atoms with E-state index in [1.807, 2.05) is 12.1 Å². The van der Waals surface area contributed by atoms with Gasteiger partial charge in [-0.05, 0) is 28.8 Å². The zero-order valence-electron chi connectivity index (χ0n) is 8.93. The number of hydrogen-bond acceptors (Lipinski definition) is 3. The molecule has 1 aromatic heterocycles. The number of fused-ring (bicyclic) bond motifs is 1. The van der Waals surface area contributed by atoms with Gasteiger partial charge in [0, 0.05) is 17.2 Å². The van der Waals surface area contributed by atoms with Crippen LogP contribution in [0.5, 0.6) is 0 Å². The van der Waals surface area contributed by atoms with Gasteiger partial charge >= 0.3 is 0 Å². The molecule has 1 aliphatic heterocycles. The standard InChI is InChI=1S/C13H14O2S/c14-13(9-5-6-15-7-9)11-8-16-12-4-2-1-3-10(11)12/h1-4,8-9,13-14H,5-7H2. The Morgan fingerprint density at radius 2 is 2.25 bits per heavy atom. The fourth-order valence-corrected chi connectivity index (χ4v) is 3.27. The van der Waals surface area contributed by atoms with Crippen LogP contribution in [0.2, 0.25) is 0 Å². The first-order chi connectivity index (χ1) is 7.86. The summed E-state index contributed by atoms with van der Waals surface area (Å²) in [7, 11) is 0. The highest BCUT2D eigenvalue weighted by molar-refractivity contribution is 7.17. The molecule has 3 rings (SSSR count). The van der Waals surface area contributed by atoms with Gasteiger partial charge in [0.15, 0.2) is 0 Å². The van der Waals surface area contributed by atoms with Crippen LogP contribution in [0.15, 0.2) is 29.6 Å². The van der Waals surface area contributed by atoms with Gasteiger partial charge in [0.25, 0.3) is 0 Å². The Kier molecular flexibility index (Phi) is 2.67. The molecule has 2 unspecified atom stereocenters. The third-order valence-corrected chi connectivity index (χ3v) is 4.22. The maximum Gasteiger partial charge on any atom is 0.0855 e. The van der Waals surface area contributed by atoms with Crippen LogP contribution in [0.3, 0.4) is 0 Å². The number of aliphatic hydroxyl groups excluding tert-OH is 1. The molecule has 1 aliphatic rings. The summed E-state index contributed by atoms with van der Waals surface area (Å²) in [5.41, 5.74) is 1.07. The van der Waals surface area contributed by atoms with Crippen LogP contribution in [0.4, 0.5) is 0 Å². The Balaban J connectivity index is 1.98. The SMILES string of the molecule is OC(c1csc2ccccc12)C1CCOC1. The molecule has 1 aromatic carbocycles. The van der Waals surface area contributed by atoms with E-state index in [9.17, 15) is 5.11 Å². The second-order valence-corrected chi connectivity index (χ2v) is 5.17. The molecule has 1 saturated heterocycles. The van der Waals surface area contributed by atoms with E-state index < -0.39 is 0 Å². The lowest BCUT2D eigenvalue weighted by Gasteiger charge is -2.15. The topological polar surface area (TPSA) is 29.5 Å². The minimum Gasteiger partial charge on any atom is -0.388 e. The second-order valence-electron chi connectivity index (χ2n) is 4.26. The molecule has 84 valence electrons. The highest BCUT2D eigenvalue weighted by Gasteiger charge is 2.26. The van der Waals surface area contributed by atoms with Crippen LogP contribution in [-0.4, -0.2) is 18.3 Å². The van der Waals surface area contributed by atoms with E-state index in [-0.39, 0.29) is 12.0 Å². The molecule has 3 heteroatoms. The quantitative estimate of drug-likeness (QED) is 0.865. The summed E-state index contributed by atoms with van der Waals surface area (Å²) in [4.78, 5) is 0. The average Bonchev–Trinajstić information content (AvgIpc) is 2.98. The van der Waals surface area contributed by atoms with E-state index >= 15 is 0 Å². The first-order valence-corrected chi connectivity index (χ1v) is 6.46. The van der Waals surface area contributed by atoms with Crippen molar-refractivity contribution in [1.29, 1.82) is 0 Å². The van der Waals surface area contributed by atoms with E-state index in [0.29, 0.717) is 6.61 Å². The lowest BCUT2D eigenvalue weighted by molar-refractivity contribution is 0.0931. The van der Waals surface area contributed by atoms with Crippen molar-refractivity contribution in [3.05, 3.63) is 35.2 Å². The Morgan fingerprint density at radius 1 is 1.38 bits per heavy atom. The molecular weight excluding hydrogens is 220 g/mol. The van der Waals surface area contributed by atoms with E-state index in [1.165, 1.54) is 10.1 Å². The van der Waals surface area contributed by atoms with Crippen molar-refractivity contribution < 1.29 is 9.84 Å². The fourth-order valence-electron chi connectivity index (χ4n) is 2.28. The van der Waals surface area contributed by atoms with Crippen LogP contribution in [0, 0.1) is 5.92 Å². The van der Waals surface area contributed by atoms with Crippen molar-refractivity contribution in [2.45, 2.75) is 12.5 Å². The van der Waals surface area contributed by atoms with Crippen molar-refractivity contribution >= 4 is 21.4 Å². The molecule has 2 nitrogen and oxygen atoms in total. The molecule has 2 heterocycles. The number of rotatable bonds is 2. The largest absolute Gasteiger partial charge is 0.388 e. The lowest BCUT2D eigenvalue weighted by atomic mass is 9.95. The first-order valence-electron chi connectivity index (χ1n) is 5.58.